The number of aliphatic hydroxyl groups excluding tert-OH is 2. The van der Waals surface area contributed by atoms with Crippen LogP contribution in [0, 0.1) is 0 Å². The zero-order valence-corrected chi connectivity index (χ0v) is 10.1. The Labute approximate surface area is 111 Å². The first-order valence-electron chi connectivity index (χ1n) is 5.45. The van der Waals surface area contributed by atoms with Gasteiger partial charge in [0.25, 0.3) is 0 Å². The summed E-state index contributed by atoms with van der Waals surface area (Å²) < 4.78 is 33.4. The lowest BCUT2D eigenvalue weighted by molar-refractivity contribution is -0.144. The number of aliphatic imine (C=N–C) groups is 1. The topological polar surface area (TPSA) is 123 Å². The molecule has 0 aromatic carbocycles. The van der Waals surface area contributed by atoms with E-state index in [1.54, 1.807) is 0 Å². The quantitative estimate of drug-likeness (QED) is 0.597. The van der Waals surface area contributed by atoms with E-state index in [1.807, 2.05) is 0 Å². The summed E-state index contributed by atoms with van der Waals surface area (Å²) in [6.07, 6.45) is -3.70. The molecule has 110 valence electrons. The van der Waals surface area contributed by atoms with E-state index in [-0.39, 0.29) is 5.82 Å². The molecule has 1 aliphatic rings. The Morgan fingerprint density at radius 1 is 1.65 bits per heavy atom. The number of aromatic nitrogens is 2. The molecule has 4 N–H and O–H groups in total. The molecule has 1 aromatic rings. The van der Waals surface area contributed by atoms with Crippen molar-refractivity contribution in [2.24, 2.45) is 4.99 Å². The molecule has 20 heavy (non-hydrogen) atoms. The Kier molecular flexibility index (Phi) is 3.32. The molecule has 1 saturated heterocycles. The minimum atomic E-state index is -3.88. The highest BCUT2D eigenvalue weighted by Crippen LogP contribution is 2.47. The molecule has 0 amide bonds. The van der Waals surface area contributed by atoms with Gasteiger partial charge in [-0.15, -0.1) is 0 Å². The normalized spacial score (nSPS) is 32.2. The van der Waals surface area contributed by atoms with Crippen molar-refractivity contribution in [2.75, 3.05) is 12.3 Å². The number of nitrogen functional groups attached to an aromatic ring is 1. The highest BCUT2D eigenvalue weighted by atomic mass is 19.3. The van der Waals surface area contributed by atoms with Gasteiger partial charge in [0, 0.05) is 6.20 Å². The lowest BCUT2D eigenvalue weighted by Gasteiger charge is -2.24. The Balaban J connectivity index is 2.52. The smallest absolute Gasteiger partial charge is 0.351 e. The number of rotatable bonds is 3. The van der Waals surface area contributed by atoms with Crippen molar-refractivity contribution in [3.05, 3.63) is 22.7 Å². The van der Waals surface area contributed by atoms with Crippen LogP contribution in [0.25, 0.3) is 0 Å². The van der Waals surface area contributed by atoms with Crippen LogP contribution in [0.3, 0.4) is 0 Å². The number of ether oxygens (including phenoxy) is 1. The van der Waals surface area contributed by atoms with Crippen LogP contribution < -0.4 is 11.4 Å². The number of hydrogen-bond acceptors (Lipinski definition) is 7. The minimum Gasteiger partial charge on any atom is -0.391 e. The van der Waals surface area contributed by atoms with Crippen LogP contribution >= 0.6 is 0 Å². The standard InChI is InChI=1S/C10H12F2N4O4/c1-14-9(4-17)6(18)10(11,12)7(20-9)16-3-2-5(13)15-8(16)19/h2-3,6-7,17-18H,1,4H2,(H2,13,15,19)/t6-,7-,9-/m1/s1. The fourth-order valence-electron chi connectivity index (χ4n) is 1.92. The van der Waals surface area contributed by atoms with Gasteiger partial charge in [-0.1, -0.05) is 0 Å². The molecular formula is C10H12F2N4O4. The second-order valence-corrected chi connectivity index (χ2v) is 4.25. The largest absolute Gasteiger partial charge is 0.391 e. The first-order chi connectivity index (χ1) is 9.28. The Morgan fingerprint density at radius 2 is 2.30 bits per heavy atom. The van der Waals surface area contributed by atoms with Crippen molar-refractivity contribution in [3.63, 3.8) is 0 Å². The fraction of sp³-hybridized carbons (Fsp3) is 0.500. The van der Waals surface area contributed by atoms with Gasteiger partial charge >= 0.3 is 11.6 Å². The van der Waals surface area contributed by atoms with Crippen molar-refractivity contribution in [2.45, 2.75) is 24.0 Å². The van der Waals surface area contributed by atoms with Crippen molar-refractivity contribution in [1.29, 1.82) is 0 Å². The molecule has 0 spiro atoms. The van der Waals surface area contributed by atoms with E-state index in [4.69, 9.17) is 15.6 Å². The predicted octanol–water partition coefficient (Wildman–Crippen LogP) is -1.26. The summed E-state index contributed by atoms with van der Waals surface area (Å²) in [6.45, 7) is 1.99. The number of aliphatic hydroxyl groups is 2. The molecule has 0 saturated carbocycles. The van der Waals surface area contributed by atoms with Crippen LogP contribution in [0.15, 0.2) is 22.1 Å². The van der Waals surface area contributed by atoms with Gasteiger partial charge in [-0.25, -0.2) is 4.79 Å². The van der Waals surface area contributed by atoms with E-state index in [0.717, 1.165) is 12.3 Å². The molecule has 10 heteroatoms. The predicted molar refractivity (Wildman–Crippen MR) is 63.4 cm³/mol. The second kappa shape index (κ2) is 4.58. The molecule has 8 nitrogen and oxygen atoms in total. The molecule has 3 atom stereocenters. The Morgan fingerprint density at radius 3 is 2.75 bits per heavy atom. The second-order valence-electron chi connectivity index (χ2n) is 4.25. The van der Waals surface area contributed by atoms with Gasteiger partial charge in [0.1, 0.15) is 5.82 Å². The van der Waals surface area contributed by atoms with Crippen molar-refractivity contribution in [3.8, 4) is 0 Å². The zero-order chi connectivity index (χ0) is 15.1. The van der Waals surface area contributed by atoms with Crippen LogP contribution in [-0.2, 0) is 4.74 Å². The van der Waals surface area contributed by atoms with Crippen molar-refractivity contribution >= 4 is 12.5 Å². The lowest BCUT2D eigenvalue weighted by atomic mass is 10.0. The van der Waals surface area contributed by atoms with Gasteiger partial charge in [0.2, 0.25) is 12.0 Å². The summed E-state index contributed by atoms with van der Waals surface area (Å²) in [5, 5.41) is 18.7. The first-order valence-corrected chi connectivity index (χ1v) is 5.45. The minimum absolute atomic E-state index is 0.150. The SMILES string of the molecule is C=N[C@]1(CO)O[C@@H](n2ccc(N)nc2=O)C(F)(F)[C@@H]1O. The van der Waals surface area contributed by atoms with E-state index < -0.39 is 36.3 Å². The highest BCUT2D eigenvalue weighted by molar-refractivity contribution is 5.27. The molecule has 2 rings (SSSR count). The summed E-state index contributed by atoms with van der Waals surface area (Å²) in [5.41, 5.74) is 1.86. The van der Waals surface area contributed by atoms with Gasteiger partial charge in [0.05, 0.1) is 6.61 Å². The number of nitrogens with two attached hydrogens (primary N) is 1. The third kappa shape index (κ3) is 1.88. The van der Waals surface area contributed by atoms with Crippen LogP contribution in [0.1, 0.15) is 6.23 Å². The average Bonchev–Trinajstić information content (AvgIpc) is 2.60. The molecular weight excluding hydrogens is 278 g/mol. The van der Waals surface area contributed by atoms with Crippen LogP contribution in [0.4, 0.5) is 14.6 Å². The number of anilines is 1. The molecule has 0 bridgehead atoms. The summed E-state index contributed by atoms with van der Waals surface area (Å²) >= 11 is 0. The third-order valence-electron chi connectivity index (χ3n) is 3.04. The van der Waals surface area contributed by atoms with Gasteiger partial charge in [-0.3, -0.25) is 9.56 Å². The molecule has 0 unspecified atom stereocenters. The van der Waals surface area contributed by atoms with E-state index in [9.17, 15) is 18.7 Å². The van der Waals surface area contributed by atoms with E-state index in [0.29, 0.717) is 4.57 Å². The van der Waals surface area contributed by atoms with E-state index in [1.165, 1.54) is 0 Å². The Hall–Kier alpha value is -1.91. The molecule has 1 aromatic heterocycles. The summed E-state index contributed by atoms with van der Waals surface area (Å²) in [4.78, 5) is 18.1. The number of alkyl halides is 2. The zero-order valence-electron chi connectivity index (χ0n) is 10.1. The summed E-state index contributed by atoms with van der Waals surface area (Å²) in [5.74, 6) is -4.03. The molecule has 1 aliphatic heterocycles. The number of halogens is 2. The monoisotopic (exact) mass is 290 g/mol. The van der Waals surface area contributed by atoms with Gasteiger partial charge in [0.15, 0.2) is 6.10 Å². The van der Waals surface area contributed by atoms with Gasteiger partial charge in [-0.2, -0.15) is 13.8 Å². The number of hydrogen-bond donors (Lipinski definition) is 3. The maximum Gasteiger partial charge on any atom is 0.351 e. The molecule has 2 heterocycles. The third-order valence-corrected chi connectivity index (χ3v) is 3.04. The van der Waals surface area contributed by atoms with Gasteiger partial charge < -0.3 is 20.7 Å². The van der Waals surface area contributed by atoms with Crippen LogP contribution in [-0.4, -0.2) is 50.8 Å². The molecule has 1 fully saturated rings. The maximum absolute atomic E-state index is 14.0. The van der Waals surface area contributed by atoms with Gasteiger partial charge in [-0.05, 0) is 12.8 Å². The molecule has 0 radical (unpaired) electrons. The van der Waals surface area contributed by atoms with Crippen LogP contribution in [0.5, 0.6) is 0 Å². The number of nitrogens with zero attached hydrogens (tertiary/aromatic N) is 3. The van der Waals surface area contributed by atoms with Crippen LogP contribution in [0.2, 0.25) is 0 Å². The van der Waals surface area contributed by atoms with E-state index >= 15 is 0 Å². The highest BCUT2D eigenvalue weighted by Gasteiger charge is 2.67. The first kappa shape index (κ1) is 14.5. The average molecular weight is 290 g/mol. The molecule has 0 aliphatic carbocycles. The summed E-state index contributed by atoms with van der Waals surface area (Å²) in [6, 6.07) is 1.12. The van der Waals surface area contributed by atoms with E-state index in [2.05, 4.69) is 16.7 Å². The lowest BCUT2D eigenvalue weighted by Crippen LogP contribution is -2.47. The fourth-order valence-corrected chi connectivity index (χ4v) is 1.92. The van der Waals surface area contributed by atoms with Crippen molar-refractivity contribution < 1.29 is 23.7 Å². The summed E-state index contributed by atoms with van der Waals surface area (Å²) in [7, 11) is 0. The maximum atomic E-state index is 14.0. The van der Waals surface area contributed by atoms with Crippen molar-refractivity contribution in [1.82, 2.24) is 9.55 Å². The Bertz CT molecular complexity index is 593.